The van der Waals surface area contributed by atoms with E-state index in [-0.39, 0.29) is 0 Å². The van der Waals surface area contributed by atoms with Crippen LogP contribution in [0.4, 0.5) is 5.69 Å². The van der Waals surface area contributed by atoms with Crippen LogP contribution in [0.1, 0.15) is 48.1 Å². The Labute approximate surface area is 114 Å². The molecule has 0 saturated carbocycles. The zero-order chi connectivity index (χ0) is 14.0. The quantitative estimate of drug-likeness (QED) is 0.820. The number of aryl methyl sites for hydroxylation is 1. The molecule has 0 heterocycles. The largest absolute Gasteiger partial charge is 0.399 e. The lowest BCUT2D eigenvalue weighted by Gasteiger charge is -2.14. The lowest BCUT2D eigenvalue weighted by atomic mass is 9.96. The molecule has 0 amide bonds. The van der Waals surface area contributed by atoms with Crippen molar-refractivity contribution in [2.45, 2.75) is 32.8 Å². The fraction of sp³-hybridized carbons (Fsp3) is 0.294. The summed E-state index contributed by atoms with van der Waals surface area (Å²) >= 11 is 0. The van der Waals surface area contributed by atoms with Crippen molar-refractivity contribution in [2.24, 2.45) is 0 Å². The smallest absolute Gasteiger partial charge is 0.104 e. The Kier molecular flexibility index (Phi) is 3.91. The van der Waals surface area contributed by atoms with Crippen LogP contribution in [0.15, 0.2) is 42.5 Å². The highest BCUT2D eigenvalue weighted by molar-refractivity contribution is 5.49. The van der Waals surface area contributed by atoms with Gasteiger partial charge >= 0.3 is 0 Å². The zero-order valence-electron chi connectivity index (χ0n) is 11.7. The number of rotatable bonds is 3. The molecule has 19 heavy (non-hydrogen) atoms. The Balaban J connectivity index is 2.27. The highest BCUT2D eigenvalue weighted by Crippen LogP contribution is 2.26. The molecule has 0 aliphatic heterocycles. The molecule has 0 aromatic heterocycles. The van der Waals surface area contributed by atoms with E-state index < -0.39 is 6.10 Å². The van der Waals surface area contributed by atoms with Crippen LogP contribution in [0, 0.1) is 6.92 Å². The van der Waals surface area contributed by atoms with E-state index in [1.54, 1.807) is 0 Å². The summed E-state index contributed by atoms with van der Waals surface area (Å²) in [6.45, 7) is 6.27. The van der Waals surface area contributed by atoms with Crippen LogP contribution in [0.2, 0.25) is 0 Å². The molecular weight excluding hydrogens is 234 g/mol. The standard InChI is InChI=1S/C17H21NO/c1-11(2)13-4-6-14(7-5-13)17(19)15-8-9-16(18)12(3)10-15/h4-11,17,19H,18H2,1-3H3/t17-/m0/s1. The molecule has 1 atom stereocenters. The zero-order valence-corrected chi connectivity index (χ0v) is 11.7. The molecule has 0 aliphatic rings. The molecule has 100 valence electrons. The van der Waals surface area contributed by atoms with Crippen LogP contribution in [0.3, 0.4) is 0 Å². The van der Waals surface area contributed by atoms with Gasteiger partial charge in [0, 0.05) is 5.69 Å². The van der Waals surface area contributed by atoms with E-state index in [9.17, 15) is 5.11 Å². The first kappa shape index (κ1) is 13.6. The maximum atomic E-state index is 10.4. The van der Waals surface area contributed by atoms with Crippen molar-refractivity contribution in [1.82, 2.24) is 0 Å². The van der Waals surface area contributed by atoms with Gasteiger partial charge in [-0.25, -0.2) is 0 Å². The summed E-state index contributed by atoms with van der Waals surface area (Å²) in [6, 6.07) is 13.8. The lowest BCUT2D eigenvalue weighted by Crippen LogP contribution is -2.01. The van der Waals surface area contributed by atoms with E-state index in [1.165, 1.54) is 5.56 Å². The van der Waals surface area contributed by atoms with Gasteiger partial charge in [-0.3, -0.25) is 0 Å². The van der Waals surface area contributed by atoms with Gasteiger partial charge in [-0.1, -0.05) is 50.2 Å². The summed E-state index contributed by atoms with van der Waals surface area (Å²) in [5, 5.41) is 10.4. The van der Waals surface area contributed by atoms with Gasteiger partial charge in [0.05, 0.1) is 0 Å². The topological polar surface area (TPSA) is 46.2 Å². The van der Waals surface area contributed by atoms with E-state index in [2.05, 4.69) is 26.0 Å². The number of aliphatic hydroxyl groups excluding tert-OH is 1. The normalized spacial score (nSPS) is 12.7. The molecular formula is C17H21NO. The van der Waals surface area contributed by atoms with Crippen molar-refractivity contribution in [3.05, 3.63) is 64.7 Å². The first-order chi connectivity index (χ1) is 8.99. The molecule has 0 spiro atoms. The average molecular weight is 255 g/mol. The van der Waals surface area contributed by atoms with Crippen LogP contribution in [-0.4, -0.2) is 5.11 Å². The molecule has 0 saturated heterocycles. The van der Waals surface area contributed by atoms with Crippen LogP contribution in [-0.2, 0) is 0 Å². The Hall–Kier alpha value is -1.80. The predicted molar refractivity (Wildman–Crippen MR) is 80.2 cm³/mol. The molecule has 2 nitrogen and oxygen atoms in total. The summed E-state index contributed by atoms with van der Waals surface area (Å²) in [7, 11) is 0. The number of hydrogen-bond donors (Lipinski definition) is 2. The van der Waals surface area contributed by atoms with Crippen LogP contribution in [0.5, 0.6) is 0 Å². The van der Waals surface area contributed by atoms with Crippen molar-refractivity contribution >= 4 is 5.69 Å². The van der Waals surface area contributed by atoms with Gasteiger partial charge < -0.3 is 10.8 Å². The maximum Gasteiger partial charge on any atom is 0.104 e. The number of benzene rings is 2. The van der Waals surface area contributed by atoms with Gasteiger partial charge in [0.1, 0.15) is 6.10 Å². The molecule has 2 aromatic carbocycles. The van der Waals surface area contributed by atoms with E-state index in [0.29, 0.717) is 5.92 Å². The van der Waals surface area contributed by atoms with Gasteiger partial charge in [0.2, 0.25) is 0 Å². The first-order valence-corrected chi connectivity index (χ1v) is 6.63. The minimum atomic E-state index is -0.597. The molecule has 2 heteroatoms. The molecule has 2 aromatic rings. The highest BCUT2D eigenvalue weighted by atomic mass is 16.3. The summed E-state index contributed by atoms with van der Waals surface area (Å²) in [4.78, 5) is 0. The highest BCUT2D eigenvalue weighted by Gasteiger charge is 2.11. The van der Waals surface area contributed by atoms with E-state index in [4.69, 9.17) is 5.73 Å². The number of nitrogens with two attached hydrogens (primary N) is 1. The molecule has 0 bridgehead atoms. The molecule has 0 aliphatic carbocycles. The average Bonchev–Trinajstić information content (AvgIpc) is 2.41. The molecule has 2 rings (SSSR count). The Morgan fingerprint density at radius 3 is 1.95 bits per heavy atom. The SMILES string of the molecule is Cc1cc([C@@H](O)c2ccc(C(C)C)cc2)ccc1N. The maximum absolute atomic E-state index is 10.4. The van der Waals surface area contributed by atoms with Crippen molar-refractivity contribution in [2.75, 3.05) is 5.73 Å². The Bertz CT molecular complexity index is 558. The van der Waals surface area contributed by atoms with Crippen molar-refractivity contribution in [3.8, 4) is 0 Å². The van der Waals surface area contributed by atoms with E-state index >= 15 is 0 Å². The molecule has 0 unspecified atom stereocenters. The third-order valence-electron chi connectivity index (χ3n) is 3.53. The van der Waals surface area contributed by atoms with Crippen LogP contribution >= 0.6 is 0 Å². The lowest BCUT2D eigenvalue weighted by molar-refractivity contribution is 0.220. The predicted octanol–water partition coefficient (Wildman–Crippen LogP) is 3.78. The van der Waals surface area contributed by atoms with Gasteiger partial charge in [-0.2, -0.15) is 0 Å². The van der Waals surface area contributed by atoms with Crippen molar-refractivity contribution in [1.29, 1.82) is 0 Å². The summed E-state index contributed by atoms with van der Waals surface area (Å²) in [6.07, 6.45) is -0.597. The third kappa shape index (κ3) is 2.96. The van der Waals surface area contributed by atoms with E-state index in [0.717, 1.165) is 22.4 Å². The second-order valence-corrected chi connectivity index (χ2v) is 5.34. The fourth-order valence-corrected chi connectivity index (χ4v) is 2.12. The van der Waals surface area contributed by atoms with Crippen molar-refractivity contribution in [3.63, 3.8) is 0 Å². The Morgan fingerprint density at radius 2 is 1.42 bits per heavy atom. The van der Waals surface area contributed by atoms with Crippen molar-refractivity contribution < 1.29 is 5.11 Å². The molecule has 0 radical (unpaired) electrons. The minimum absolute atomic E-state index is 0.505. The second kappa shape index (κ2) is 5.45. The number of aliphatic hydroxyl groups is 1. The first-order valence-electron chi connectivity index (χ1n) is 6.63. The van der Waals surface area contributed by atoms with Gasteiger partial charge in [0.15, 0.2) is 0 Å². The summed E-state index contributed by atoms with van der Waals surface area (Å²) in [5.74, 6) is 0.505. The van der Waals surface area contributed by atoms with Gasteiger partial charge in [0.25, 0.3) is 0 Å². The third-order valence-corrected chi connectivity index (χ3v) is 3.53. The Morgan fingerprint density at radius 1 is 0.895 bits per heavy atom. The summed E-state index contributed by atoms with van der Waals surface area (Å²) < 4.78 is 0. The van der Waals surface area contributed by atoms with Crippen LogP contribution < -0.4 is 5.73 Å². The number of hydrogen-bond acceptors (Lipinski definition) is 2. The summed E-state index contributed by atoms with van der Waals surface area (Å²) in [5.41, 5.74) is 10.6. The molecule has 0 fully saturated rings. The molecule has 3 N–H and O–H groups in total. The van der Waals surface area contributed by atoms with E-state index in [1.807, 2.05) is 37.3 Å². The van der Waals surface area contributed by atoms with Gasteiger partial charge in [-0.15, -0.1) is 0 Å². The fourth-order valence-electron chi connectivity index (χ4n) is 2.12. The van der Waals surface area contributed by atoms with Crippen LogP contribution in [0.25, 0.3) is 0 Å². The number of anilines is 1. The van der Waals surface area contributed by atoms with Gasteiger partial charge in [-0.05, 0) is 41.2 Å². The minimum Gasteiger partial charge on any atom is -0.399 e. The number of nitrogen functional groups attached to an aromatic ring is 1. The second-order valence-electron chi connectivity index (χ2n) is 5.34. The monoisotopic (exact) mass is 255 g/mol.